The molecule has 2 rings (SSSR count). The summed E-state index contributed by atoms with van der Waals surface area (Å²) in [5.41, 5.74) is 1.75. The lowest BCUT2D eigenvalue weighted by molar-refractivity contribution is 0.0828. The van der Waals surface area contributed by atoms with Gasteiger partial charge < -0.3 is 10.2 Å². The van der Waals surface area contributed by atoms with Crippen LogP contribution in [0.4, 0.5) is 5.69 Å². The van der Waals surface area contributed by atoms with Crippen LogP contribution < -0.4 is 5.32 Å². The van der Waals surface area contributed by atoms with E-state index in [1.54, 1.807) is 19.0 Å². The lowest BCUT2D eigenvalue weighted by Gasteiger charge is -2.21. The van der Waals surface area contributed by atoms with Crippen LogP contribution in [0.15, 0.2) is 24.3 Å². The number of anilines is 1. The largest absolute Gasteiger partial charge is 0.382 e. The van der Waals surface area contributed by atoms with Gasteiger partial charge in [-0.25, -0.2) is 0 Å². The van der Waals surface area contributed by atoms with E-state index >= 15 is 0 Å². The van der Waals surface area contributed by atoms with Crippen LogP contribution in [0.25, 0.3) is 0 Å². The molecule has 1 amide bonds. The van der Waals surface area contributed by atoms with Crippen LogP contribution in [0, 0.1) is 5.92 Å². The fraction of sp³-hybridized carbons (Fsp3) is 0.588. The molecule has 0 bridgehead atoms. The van der Waals surface area contributed by atoms with Gasteiger partial charge in [-0.1, -0.05) is 31.9 Å². The summed E-state index contributed by atoms with van der Waals surface area (Å²) in [5.74, 6) is 0.899. The molecule has 110 valence electrons. The Balaban J connectivity index is 2.11. The molecule has 3 nitrogen and oxygen atoms in total. The molecule has 1 fully saturated rings. The number of benzene rings is 1. The van der Waals surface area contributed by atoms with Crippen molar-refractivity contribution in [3.8, 4) is 0 Å². The Labute approximate surface area is 122 Å². The molecule has 1 aliphatic carbocycles. The molecular weight excluding hydrogens is 248 g/mol. The minimum absolute atomic E-state index is 0.0649. The van der Waals surface area contributed by atoms with Crippen molar-refractivity contribution in [3.05, 3.63) is 29.8 Å². The molecule has 0 spiro atoms. The molecule has 1 saturated carbocycles. The van der Waals surface area contributed by atoms with E-state index in [9.17, 15) is 4.79 Å². The monoisotopic (exact) mass is 274 g/mol. The quantitative estimate of drug-likeness (QED) is 0.851. The maximum Gasteiger partial charge on any atom is 0.255 e. The van der Waals surface area contributed by atoms with E-state index < -0.39 is 0 Å². The first-order valence-corrected chi connectivity index (χ1v) is 7.65. The van der Waals surface area contributed by atoms with Gasteiger partial charge in [0.05, 0.1) is 5.56 Å². The zero-order valence-corrected chi connectivity index (χ0v) is 12.9. The van der Waals surface area contributed by atoms with Gasteiger partial charge in [-0.15, -0.1) is 0 Å². The van der Waals surface area contributed by atoms with E-state index in [1.165, 1.54) is 32.1 Å². The van der Waals surface area contributed by atoms with E-state index in [0.717, 1.165) is 17.2 Å². The van der Waals surface area contributed by atoms with Gasteiger partial charge in [-0.3, -0.25) is 4.79 Å². The number of para-hydroxylation sites is 1. The normalized spacial score (nSPS) is 22.9. The molecule has 1 aromatic carbocycles. The average Bonchev–Trinajstić information content (AvgIpc) is 2.63. The number of rotatable bonds is 3. The summed E-state index contributed by atoms with van der Waals surface area (Å²) < 4.78 is 0. The molecule has 2 unspecified atom stereocenters. The predicted molar refractivity (Wildman–Crippen MR) is 84.1 cm³/mol. The minimum Gasteiger partial charge on any atom is -0.382 e. The molecule has 1 aliphatic rings. The van der Waals surface area contributed by atoms with Gasteiger partial charge in [0, 0.05) is 25.8 Å². The van der Waals surface area contributed by atoms with Crippen molar-refractivity contribution in [2.75, 3.05) is 19.4 Å². The second-order valence-corrected chi connectivity index (χ2v) is 6.20. The van der Waals surface area contributed by atoms with E-state index in [2.05, 4.69) is 12.2 Å². The fourth-order valence-electron chi connectivity index (χ4n) is 2.89. The van der Waals surface area contributed by atoms with E-state index in [0.29, 0.717) is 6.04 Å². The van der Waals surface area contributed by atoms with Crippen molar-refractivity contribution in [1.82, 2.24) is 4.90 Å². The number of hydrogen-bond acceptors (Lipinski definition) is 2. The Morgan fingerprint density at radius 1 is 1.15 bits per heavy atom. The molecule has 20 heavy (non-hydrogen) atoms. The smallest absolute Gasteiger partial charge is 0.255 e. The van der Waals surface area contributed by atoms with E-state index in [4.69, 9.17) is 0 Å². The summed E-state index contributed by atoms with van der Waals surface area (Å²) in [6.45, 7) is 2.34. The summed E-state index contributed by atoms with van der Waals surface area (Å²) in [5, 5.41) is 3.60. The molecule has 0 saturated heterocycles. The summed E-state index contributed by atoms with van der Waals surface area (Å²) in [4.78, 5) is 13.8. The van der Waals surface area contributed by atoms with Crippen molar-refractivity contribution in [2.45, 2.75) is 45.1 Å². The first kappa shape index (κ1) is 14.9. The van der Waals surface area contributed by atoms with Crippen LogP contribution in [0.5, 0.6) is 0 Å². The van der Waals surface area contributed by atoms with Gasteiger partial charge in [0.2, 0.25) is 0 Å². The maximum atomic E-state index is 12.2. The Hall–Kier alpha value is -1.51. The topological polar surface area (TPSA) is 32.3 Å². The van der Waals surface area contributed by atoms with Crippen LogP contribution in [-0.4, -0.2) is 30.9 Å². The van der Waals surface area contributed by atoms with Crippen molar-refractivity contribution in [3.63, 3.8) is 0 Å². The molecular formula is C17H26N2O. The summed E-state index contributed by atoms with van der Waals surface area (Å²) in [7, 11) is 3.60. The Kier molecular flexibility index (Phi) is 5.05. The van der Waals surface area contributed by atoms with Crippen LogP contribution in [0.1, 0.15) is 49.4 Å². The molecule has 0 aliphatic heterocycles. The van der Waals surface area contributed by atoms with Crippen molar-refractivity contribution < 1.29 is 4.79 Å². The number of amides is 1. The molecule has 2 atom stereocenters. The molecule has 0 radical (unpaired) electrons. The number of carbonyl (C=O) groups excluding carboxylic acids is 1. The second kappa shape index (κ2) is 6.78. The highest BCUT2D eigenvalue weighted by Gasteiger charge is 2.19. The van der Waals surface area contributed by atoms with Crippen LogP contribution in [0.3, 0.4) is 0 Å². The zero-order valence-electron chi connectivity index (χ0n) is 12.9. The standard InChI is InChI=1S/C17H26N2O/c1-13-7-6-8-14(12-11-13)18-16-10-5-4-9-15(16)17(20)19(2)3/h4-5,9-10,13-14,18H,6-8,11-12H2,1-3H3. The lowest BCUT2D eigenvalue weighted by Crippen LogP contribution is -2.25. The highest BCUT2D eigenvalue weighted by atomic mass is 16.2. The molecule has 1 aromatic rings. The number of nitrogens with zero attached hydrogens (tertiary/aromatic N) is 1. The Morgan fingerprint density at radius 2 is 1.90 bits per heavy atom. The summed E-state index contributed by atoms with van der Waals surface area (Å²) in [6, 6.07) is 8.34. The van der Waals surface area contributed by atoms with Crippen molar-refractivity contribution >= 4 is 11.6 Å². The summed E-state index contributed by atoms with van der Waals surface area (Å²) >= 11 is 0. The maximum absolute atomic E-state index is 12.2. The van der Waals surface area contributed by atoms with Gasteiger partial charge in [0.15, 0.2) is 0 Å². The van der Waals surface area contributed by atoms with E-state index in [-0.39, 0.29) is 5.91 Å². The summed E-state index contributed by atoms with van der Waals surface area (Å²) in [6.07, 6.45) is 6.29. The Bertz CT molecular complexity index is 456. The van der Waals surface area contributed by atoms with Gasteiger partial charge in [-0.2, -0.15) is 0 Å². The first-order chi connectivity index (χ1) is 9.58. The molecule has 3 heteroatoms. The third-order valence-corrected chi connectivity index (χ3v) is 4.18. The molecule has 1 N–H and O–H groups in total. The van der Waals surface area contributed by atoms with Crippen molar-refractivity contribution in [2.24, 2.45) is 5.92 Å². The Morgan fingerprint density at radius 3 is 2.65 bits per heavy atom. The van der Waals surface area contributed by atoms with Crippen LogP contribution in [-0.2, 0) is 0 Å². The highest BCUT2D eigenvalue weighted by Crippen LogP contribution is 2.26. The van der Waals surface area contributed by atoms with Gasteiger partial charge in [-0.05, 0) is 37.3 Å². The van der Waals surface area contributed by atoms with Crippen LogP contribution in [0.2, 0.25) is 0 Å². The van der Waals surface area contributed by atoms with Gasteiger partial charge in [0.25, 0.3) is 5.91 Å². The average molecular weight is 274 g/mol. The minimum atomic E-state index is 0.0649. The highest BCUT2D eigenvalue weighted by molar-refractivity contribution is 5.99. The second-order valence-electron chi connectivity index (χ2n) is 6.20. The van der Waals surface area contributed by atoms with Crippen LogP contribution >= 0.6 is 0 Å². The first-order valence-electron chi connectivity index (χ1n) is 7.65. The SMILES string of the molecule is CC1CCCC(Nc2ccccc2C(=O)N(C)C)CC1. The molecule has 0 heterocycles. The lowest BCUT2D eigenvalue weighted by atomic mass is 10.0. The number of nitrogens with one attached hydrogen (secondary N) is 1. The van der Waals surface area contributed by atoms with Gasteiger partial charge in [0.1, 0.15) is 0 Å². The van der Waals surface area contributed by atoms with Crippen molar-refractivity contribution in [1.29, 1.82) is 0 Å². The third-order valence-electron chi connectivity index (χ3n) is 4.18. The third kappa shape index (κ3) is 3.75. The number of hydrogen-bond donors (Lipinski definition) is 1. The predicted octanol–water partition coefficient (Wildman–Crippen LogP) is 3.77. The fourth-order valence-corrected chi connectivity index (χ4v) is 2.89. The zero-order chi connectivity index (χ0) is 14.5. The van der Waals surface area contributed by atoms with E-state index in [1.807, 2.05) is 24.3 Å². The number of carbonyl (C=O) groups is 1. The van der Waals surface area contributed by atoms with Gasteiger partial charge >= 0.3 is 0 Å². The molecule has 0 aromatic heterocycles.